The predicted molar refractivity (Wildman–Crippen MR) is 156 cm³/mol. The molecule has 1 heterocycles. The summed E-state index contributed by atoms with van der Waals surface area (Å²) >= 11 is 0. The van der Waals surface area contributed by atoms with Crippen LogP contribution >= 0.6 is 0 Å². The van der Waals surface area contributed by atoms with Crippen LogP contribution < -0.4 is 4.90 Å². The highest BCUT2D eigenvalue weighted by atomic mass is 16.1. The third-order valence-electron chi connectivity index (χ3n) is 7.36. The van der Waals surface area contributed by atoms with Gasteiger partial charge in [-0.25, -0.2) is 0 Å². The number of rotatable bonds is 8. The van der Waals surface area contributed by atoms with Gasteiger partial charge in [0, 0.05) is 62.7 Å². The first-order chi connectivity index (χ1) is 17.8. The lowest BCUT2D eigenvalue weighted by atomic mass is 9.74. The fourth-order valence-electron chi connectivity index (χ4n) is 5.21. The molecule has 4 rings (SSSR count). The third kappa shape index (κ3) is 6.94. The van der Waals surface area contributed by atoms with E-state index in [1.165, 1.54) is 11.3 Å². The largest absolute Gasteiger partial charge is 0.369 e. The molecular formula is C32H40N4O. The first kappa shape index (κ1) is 26.8. The molecule has 194 valence electrons. The van der Waals surface area contributed by atoms with Gasteiger partial charge in [-0.1, -0.05) is 49.0 Å². The van der Waals surface area contributed by atoms with Crippen molar-refractivity contribution in [3.8, 4) is 0 Å². The lowest BCUT2D eigenvalue weighted by Crippen LogP contribution is -2.44. The van der Waals surface area contributed by atoms with Crippen molar-refractivity contribution >= 4 is 17.2 Å². The molecule has 1 aliphatic heterocycles. The zero-order chi connectivity index (χ0) is 26.4. The van der Waals surface area contributed by atoms with Gasteiger partial charge >= 0.3 is 0 Å². The van der Waals surface area contributed by atoms with E-state index < -0.39 is 0 Å². The van der Waals surface area contributed by atoms with Gasteiger partial charge in [-0.15, -0.1) is 0 Å². The molecule has 2 unspecified atom stereocenters. The highest BCUT2D eigenvalue weighted by Crippen LogP contribution is 2.37. The minimum absolute atomic E-state index is 0.0356. The summed E-state index contributed by atoms with van der Waals surface area (Å²) in [6, 6.07) is 19.2. The molecule has 1 fully saturated rings. The number of nitrogens with zero attached hydrogens (tertiary/aromatic N) is 4. The van der Waals surface area contributed by atoms with Gasteiger partial charge in [0.2, 0.25) is 0 Å². The van der Waals surface area contributed by atoms with Crippen LogP contribution in [0.5, 0.6) is 0 Å². The van der Waals surface area contributed by atoms with Gasteiger partial charge in [0.25, 0.3) is 0 Å². The molecule has 0 saturated carbocycles. The second-order valence-corrected chi connectivity index (χ2v) is 10.6. The Balaban J connectivity index is 1.46. The highest BCUT2D eigenvalue weighted by Gasteiger charge is 2.34. The number of carbonyl (C=O) groups excluding carboxylic acids is 1. The van der Waals surface area contributed by atoms with Gasteiger partial charge in [0.1, 0.15) is 0 Å². The van der Waals surface area contributed by atoms with Gasteiger partial charge < -0.3 is 14.7 Å². The molecule has 1 aliphatic carbocycles. The molecule has 2 aromatic carbocycles. The Morgan fingerprint density at radius 1 is 1.05 bits per heavy atom. The SMILES string of the molecule is C=C1/C(=C\N=C(C)Cc2ccc(N3CCN(C)CC3)cc2)C=CC(=O)C1C(CN(C)C)c1ccccc1. The van der Waals surface area contributed by atoms with Crippen molar-refractivity contribution in [1.82, 2.24) is 9.80 Å². The number of allylic oxidation sites excluding steroid dienone is 4. The second kappa shape index (κ2) is 12.3. The van der Waals surface area contributed by atoms with Crippen molar-refractivity contribution in [1.29, 1.82) is 0 Å². The number of benzene rings is 2. The average molecular weight is 497 g/mol. The molecule has 0 aromatic heterocycles. The number of aliphatic imine (C=N–C) groups is 1. The summed E-state index contributed by atoms with van der Waals surface area (Å²) in [6.45, 7) is 11.6. The van der Waals surface area contributed by atoms with E-state index >= 15 is 0 Å². The normalized spacial score (nSPS) is 21.2. The van der Waals surface area contributed by atoms with Gasteiger partial charge in [-0.2, -0.15) is 0 Å². The first-order valence-corrected chi connectivity index (χ1v) is 13.2. The maximum atomic E-state index is 13.0. The number of hydrogen-bond acceptors (Lipinski definition) is 5. The molecule has 5 nitrogen and oxygen atoms in total. The van der Waals surface area contributed by atoms with E-state index in [9.17, 15) is 4.79 Å². The molecule has 2 aliphatic rings. The van der Waals surface area contributed by atoms with Crippen LogP contribution in [0.4, 0.5) is 5.69 Å². The Morgan fingerprint density at radius 3 is 2.38 bits per heavy atom. The van der Waals surface area contributed by atoms with E-state index in [0.29, 0.717) is 0 Å². The molecule has 0 amide bonds. The van der Waals surface area contributed by atoms with Gasteiger partial charge in [-0.3, -0.25) is 9.79 Å². The van der Waals surface area contributed by atoms with Gasteiger partial charge in [0.05, 0.1) is 5.92 Å². The maximum Gasteiger partial charge on any atom is 0.163 e. The molecule has 5 heteroatoms. The number of likely N-dealkylation sites (N-methyl/N-ethyl adjacent to an activating group) is 2. The first-order valence-electron chi connectivity index (χ1n) is 13.2. The Morgan fingerprint density at radius 2 is 1.73 bits per heavy atom. The average Bonchev–Trinajstić information content (AvgIpc) is 2.89. The Bertz CT molecular complexity index is 1170. The topological polar surface area (TPSA) is 39.1 Å². The summed E-state index contributed by atoms with van der Waals surface area (Å²) in [7, 11) is 6.27. The van der Waals surface area contributed by atoms with Crippen molar-refractivity contribution in [3.05, 3.63) is 102 Å². The summed E-state index contributed by atoms with van der Waals surface area (Å²) in [4.78, 5) is 24.8. The van der Waals surface area contributed by atoms with Crippen LogP contribution in [0.25, 0.3) is 0 Å². The zero-order valence-electron chi connectivity index (χ0n) is 22.7. The lowest BCUT2D eigenvalue weighted by molar-refractivity contribution is -0.118. The van der Waals surface area contributed by atoms with Crippen LogP contribution in [-0.2, 0) is 11.2 Å². The summed E-state index contributed by atoms with van der Waals surface area (Å²) in [5, 5.41) is 0. The summed E-state index contributed by atoms with van der Waals surface area (Å²) in [6.07, 6.45) is 6.22. The summed E-state index contributed by atoms with van der Waals surface area (Å²) < 4.78 is 0. The fraction of sp³-hybridized carbons (Fsp3) is 0.375. The van der Waals surface area contributed by atoms with Gasteiger partial charge in [-0.05, 0) is 74.6 Å². The standard InChI is InChI=1S/C32H40N4O/c1-24(21-26-11-14-29(15-12-26)36-19-17-35(5)18-20-36)33-22-28-13-16-31(37)32(25(28)2)30(23-34(3)4)27-9-7-6-8-10-27/h6-16,22,30,32H,2,17-21,23H2,1,3-5H3/b28-22-,33-24?. The lowest BCUT2D eigenvalue weighted by Gasteiger charge is -2.34. The maximum absolute atomic E-state index is 13.0. The minimum Gasteiger partial charge on any atom is -0.369 e. The smallest absolute Gasteiger partial charge is 0.163 e. The molecule has 37 heavy (non-hydrogen) atoms. The zero-order valence-corrected chi connectivity index (χ0v) is 22.7. The molecule has 2 aromatic rings. The monoisotopic (exact) mass is 496 g/mol. The predicted octanol–water partition coefficient (Wildman–Crippen LogP) is 4.98. The van der Waals surface area contributed by atoms with Crippen molar-refractivity contribution in [2.24, 2.45) is 10.9 Å². The molecule has 0 bridgehead atoms. The number of carbonyl (C=O) groups is 1. The van der Waals surface area contributed by atoms with Crippen LogP contribution in [0.15, 0.2) is 95.7 Å². The van der Waals surface area contributed by atoms with Crippen LogP contribution in [0.1, 0.15) is 24.0 Å². The van der Waals surface area contributed by atoms with Crippen LogP contribution in [0.3, 0.4) is 0 Å². The van der Waals surface area contributed by atoms with E-state index in [2.05, 4.69) is 71.6 Å². The number of hydrogen-bond donors (Lipinski definition) is 0. The quantitative estimate of drug-likeness (QED) is 0.483. The van der Waals surface area contributed by atoms with Crippen LogP contribution in [-0.4, -0.2) is 75.2 Å². The van der Waals surface area contributed by atoms with Crippen LogP contribution in [0.2, 0.25) is 0 Å². The van der Waals surface area contributed by atoms with Crippen molar-refractivity contribution in [2.45, 2.75) is 19.3 Å². The second-order valence-electron chi connectivity index (χ2n) is 10.6. The molecular weight excluding hydrogens is 456 g/mol. The van der Waals surface area contributed by atoms with Crippen molar-refractivity contribution in [2.75, 3.05) is 58.8 Å². The fourth-order valence-corrected chi connectivity index (χ4v) is 5.21. The molecule has 0 N–H and O–H groups in total. The number of anilines is 1. The van der Waals surface area contributed by atoms with Crippen LogP contribution in [0, 0.1) is 5.92 Å². The number of piperazine rings is 1. The Hall–Kier alpha value is -3.28. The van der Waals surface area contributed by atoms with E-state index in [1.807, 2.05) is 44.6 Å². The van der Waals surface area contributed by atoms with E-state index in [-0.39, 0.29) is 17.6 Å². The van der Waals surface area contributed by atoms with Crippen molar-refractivity contribution in [3.63, 3.8) is 0 Å². The number of ketones is 1. The molecule has 1 saturated heterocycles. The minimum atomic E-state index is -0.293. The van der Waals surface area contributed by atoms with Crippen molar-refractivity contribution < 1.29 is 4.79 Å². The summed E-state index contributed by atoms with van der Waals surface area (Å²) in [5.74, 6) is -0.147. The Labute approximate surface area is 222 Å². The van der Waals surface area contributed by atoms with E-state index in [4.69, 9.17) is 4.99 Å². The third-order valence-corrected chi connectivity index (χ3v) is 7.36. The highest BCUT2D eigenvalue weighted by molar-refractivity contribution is 5.98. The molecule has 2 atom stereocenters. The Kier molecular flexibility index (Phi) is 8.91. The van der Waals surface area contributed by atoms with E-state index in [1.54, 1.807) is 6.08 Å². The molecule has 0 radical (unpaired) electrons. The van der Waals surface area contributed by atoms with E-state index in [0.717, 1.165) is 61.6 Å². The van der Waals surface area contributed by atoms with Gasteiger partial charge in [0.15, 0.2) is 5.78 Å². The summed E-state index contributed by atoms with van der Waals surface area (Å²) in [5.41, 5.74) is 6.50. The molecule has 0 spiro atoms.